The lowest BCUT2D eigenvalue weighted by molar-refractivity contribution is -0.142. The Morgan fingerprint density at radius 1 is 1.24 bits per heavy atom. The van der Waals surface area contributed by atoms with E-state index in [9.17, 15) is 18.4 Å². The van der Waals surface area contributed by atoms with Gasteiger partial charge in [-0.05, 0) is 43.5 Å². The van der Waals surface area contributed by atoms with Crippen molar-refractivity contribution in [3.8, 4) is 0 Å². The molecule has 3 saturated heterocycles. The number of ether oxygens (including phenoxy) is 1. The van der Waals surface area contributed by atoms with Crippen LogP contribution in [0.25, 0.3) is 5.52 Å². The molecule has 1 spiro atoms. The van der Waals surface area contributed by atoms with Gasteiger partial charge in [-0.1, -0.05) is 12.6 Å². The number of aromatic nitrogens is 2. The van der Waals surface area contributed by atoms with Crippen molar-refractivity contribution in [1.29, 1.82) is 0 Å². The van der Waals surface area contributed by atoms with Crippen LogP contribution < -0.4 is 0 Å². The predicted octanol–water partition coefficient (Wildman–Crippen LogP) is 3.94. The highest BCUT2D eigenvalue weighted by molar-refractivity contribution is 6.00. The molecule has 0 radical (unpaired) electrons. The van der Waals surface area contributed by atoms with E-state index in [0.29, 0.717) is 49.9 Å². The fraction of sp³-hybridized carbons (Fsp3) is 0.400. The van der Waals surface area contributed by atoms with Gasteiger partial charge >= 0.3 is 0 Å². The number of amides is 2. The quantitative estimate of drug-likeness (QED) is 0.638. The van der Waals surface area contributed by atoms with Crippen LogP contribution in [0.1, 0.15) is 43.0 Å². The number of carbonyl (C=O) groups is 2. The summed E-state index contributed by atoms with van der Waals surface area (Å²) in [7, 11) is 0. The number of piperidine rings is 1. The Morgan fingerprint density at radius 2 is 2.00 bits per heavy atom. The molecule has 9 heteroatoms. The van der Waals surface area contributed by atoms with Crippen LogP contribution in [0.5, 0.6) is 0 Å². The first-order valence-corrected chi connectivity index (χ1v) is 11.4. The second-order valence-corrected chi connectivity index (χ2v) is 9.09. The molecule has 2 aromatic rings. The summed E-state index contributed by atoms with van der Waals surface area (Å²) in [5.41, 5.74) is 0.686. The molecule has 5 heterocycles. The third-order valence-corrected chi connectivity index (χ3v) is 6.92. The van der Waals surface area contributed by atoms with Crippen molar-refractivity contribution in [3.05, 3.63) is 72.1 Å². The standard InChI is InChI=1S/C25H26F2N4O3/c1-16(13-18(27)14-17(2)26)20-6-7-22-31(20)24(33)25(34-22)8-11-29(12-9-25)23(32)19-15-28-30-10-4-3-5-21(19)30/h3-5,10,13-15,20,22H,1,6-9,11-12H2,2H3/b17-14+,18-13+/t20-,22+/m0/s1. The summed E-state index contributed by atoms with van der Waals surface area (Å²) < 4.78 is 34.9. The minimum atomic E-state index is -0.987. The van der Waals surface area contributed by atoms with Crippen molar-refractivity contribution >= 4 is 17.3 Å². The van der Waals surface area contributed by atoms with E-state index in [2.05, 4.69) is 11.7 Å². The largest absolute Gasteiger partial charge is 0.342 e. The highest BCUT2D eigenvalue weighted by Crippen LogP contribution is 2.44. The lowest BCUT2D eigenvalue weighted by atomic mass is 9.89. The fourth-order valence-corrected chi connectivity index (χ4v) is 5.25. The third-order valence-electron chi connectivity index (χ3n) is 6.92. The van der Waals surface area contributed by atoms with E-state index in [1.165, 1.54) is 6.08 Å². The van der Waals surface area contributed by atoms with Crippen molar-refractivity contribution < 1.29 is 23.1 Å². The maximum absolute atomic E-state index is 14.0. The number of halogens is 2. The van der Waals surface area contributed by atoms with Crippen LogP contribution in [0.3, 0.4) is 0 Å². The first-order valence-electron chi connectivity index (χ1n) is 11.4. The molecule has 2 aromatic heterocycles. The summed E-state index contributed by atoms with van der Waals surface area (Å²) in [6.07, 6.45) is 6.92. The molecular formula is C25H26F2N4O3. The van der Waals surface area contributed by atoms with E-state index in [1.54, 1.807) is 26.7 Å². The monoisotopic (exact) mass is 468 g/mol. The molecule has 34 heavy (non-hydrogen) atoms. The highest BCUT2D eigenvalue weighted by Gasteiger charge is 2.58. The Labute approximate surface area is 196 Å². The topological polar surface area (TPSA) is 67.2 Å². The summed E-state index contributed by atoms with van der Waals surface area (Å²) in [5.74, 6) is -1.65. The lowest BCUT2D eigenvalue weighted by Crippen LogP contribution is -2.52. The molecule has 3 fully saturated rings. The lowest BCUT2D eigenvalue weighted by Gasteiger charge is -2.37. The van der Waals surface area contributed by atoms with Crippen molar-refractivity contribution in [2.24, 2.45) is 0 Å². The molecule has 0 N–H and O–H groups in total. The Balaban J connectivity index is 1.28. The van der Waals surface area contributed by atoms with Gasteiger partial charge < -0.3 is 14.5 Å². The zero-order valence-corrected chi connectivity index (χ0v) is 18.9. The minimum Gasteiger partial charge on any atom is -0.342 e. The van der Waals surface area contributed by atoms with Crippen LogP contribution >= 0.6 is 0 Å². The number of carbonyl (C=O) groups excluding carboxylic acids is 2. The van der Waals surface area contributed by atoms with E-state index < -0.39 is 29.5 Å². The van der Waals surface area contributed by atoms with Crippen LogP contribution in [0.15, 0.2) is 66.6 Å². The maximum Gasteiger partial charge on any atom is 0.257 e. The smallest absolute Gasteiger partial charge is 0.257 e. The summed E-state index contributed by atoms with van der Waals surface area (Å²) in [4.78, 5) is 30.0. The minimum absolute atomic E-state index is 0.120. The molecule has 0 aliphatic carbocycles. The van der Waals surface area contributed by atoms with E-state index in [1.807, 2.05) is 18.2 Å². The zero-order chi connectivity index (χ0) is 24.0. The van der Waals surface area contributed by atoms with Gasteiger partial charge in [0.15, 0.2) is 5.60 Å². The second-order valence-electron chi connectivity index (χ2n) is 9.09. The number of allylic oxidation sites excluding steroid dienone is 3. The number of nitrogens with zero attached hydrogens (tertiary/aromatic N) is 4. The van der Waals surface area contributed by atoms with Crippen molar-refractivity contribution in [2.45, 2.75) is 50.5 Å². The number of fused-ring (bicyclic) bond motifs is 2. The van der Waals surface area contributed by atoms with Gasteiger partial charge in [0.25, 0.3) is 11.8 Å². The van der Waals surface area contributed by atoms with Gasteiger partial charge in [-0.2, -0.15) is 5.10 Å². The Hall–Kier alpha value is -3.33. The first kappa shape index (κ1) is 22.5. The van der Waals surface area contributed by atoms with Gasteiger partial charge in [0.1, 0.15) is 12.1 Å². The average molecular weight is 469 g/mol. The van der Waals surface area contributed by atoms with E-state index in [4.69, 9.17) is 4.74 Å². The van der Waals surface area contributed by atoms with Crippen LogP contribution in [0, 0.1) is 0 Å². The summed E-state index contributed by atoms with van der Waals surface area (Å²) in [5, 5.41) is 4.24. The van der Waals surface area contributed by atoms with Crippen molar-refractivity contribution in [2.75, 3.05) is 13.1 Å². The molecule has 2 atom stereocenters. The Morgan fingerprint density at radius 3 is 2.74 bits per heavy atom. The molecule has 0 bridgehead atoms. The first-order chi connectivity index (χ1) is 16.3. The third kappa shape index (κ3) is 3.73. The van der Waals surface area contributed by atoms with Crippen LogP contribution in [0.4, 0.5) is 8.78 Å². The van der Waals surface area contributed by atoms with Crippen LogP contribution in [-0.4, -0.2) is 62.2 Å². The van der Waals surface area contributed by atoms with E-state index >= 15 is 0 Å². The Bertz CT molecular complexity index is 1220. The van der Waals surface area contributed by atoms with E-state index in [-0.39, 0.29) is 11.8 Å². The molecule has 0 saturated carbocycles. The molecule has 3 aliphatic heterocycles. The number of hydrogen-bond acceptors (Lipinski definition) is 4. The molecule has 5 rings (SSSR count). The number of hydrogen-bond donors (Lipinski definition) is 0. The van der Waals surface area contributed by atoms with Crippen molar-refractivity contribution in [1.82, 2.24) is 19.4 Å². The number of likely N-dealkylation sites (tertiary alicyclic amines) is 1. The molecule has 3 aliphatic rings. The van der Waals surface area contributed by atoms with Gasteiger partial charge in [-0.25, -0.2) is 13.3 Å². The van der Waals surface area contributed by atoms with E-state index in [0.717, 1.165) is 18.5 Å². The summed E-state index contributed by atoms with van der Waals surface area (Å²) in [6.45, 7) is 5.86. The summed E-state index contributed by atoms with van der Waals surface area (Å²) >= 11 is 0. The van der Waals surface area contributed by atoms with Crippen LogP contribution in [-0.2, 0) is 9.53 Å². The zero-order valence-electron chi connectivity index (χ0n) is 18.9. The molecule has 0 unspecified atom stereocenters. The van der Waals surface area contributed by atoms with Gasteiger partial charge in [-0.3, -0.25) is 9.59 Å². The molecule has 0 aromatic carbocycles. The van der Waals surface area contributed by atoms with Gasteiger partial charge in [0.2, 0.25) is 0 Å². The molecular weight excluding hydrogens is 442 g/mol. The fourth-order valence-electron chi connectivity index (χ4n) is 5.25. The highest BCUT2D eigenvalue weighted by atomic mass is 19.1. The Kier molecular flexibility index (Phi) is 5.59. The predicted molar refractivity (Wildman–Crippen MR) is 121 cm³/mol. The van der Waals surface area contributed by atoms with Gasteiger partial charge in [-0.15, -0.1) is 0 Å². The second kappa shape index (κ2) is 8.47. The number of pyridine rings is 1. The van der Waals surface area contributed by atoms with Gasteiger partial charge in [0.05, 0.1) is 29.1 Å². The van der Waals surface area contributed by atoms with Crippen molar-refractivity contribution in [3.63, 3.8) is 0 Å². The molecule has 7 nitrogen and oxygen atoms in total. The summed E-state index contributed by atoms with van der Waals surface area (Å²) in [6, 6.07) is 5.16. The normalized spacial score (nSPS) is 24.9. The molecule has 178 valence electrons. The van der Waals surface area contributed by atoms with Gasteiger partial charge in [0, 0.05) is 38.2 Å². The maximum atomic E-state index is 14.0. The number of rotatable bonds is 4. The SMILES string of the molecule is C=C(/C=C(F)\C=C(/C)F)[C@@H]1CC[C@H]2OC3(CCN(C(=O)c4cnn5ccccc45)CC3)C(=O)N21. The molecule has 2 amide bonds. The van der Waals surface area contributed by atoms with Crippen LogP contribution in [0.2, 0.25) is 0 Å². The average Bonchev–Trinajstić information content (AvgIpc) is 3.48.